The molecule has 2 aromatic rings. The van der Waals surface area contributed by atoms with E-state index in [0.29, 0.717) is 11.5 Å². The van der Waals surface area contributed by atoms with Gasteiger partial charge in [0.2, 0.25) is 0 Å². The fourth-order valence-electron chi connectivity index (χ4n) is 2.44. The van der Waals surface area contributed by atoms with Crippen molar-refractivity contribution in [3.63, 3.8) is 0 Å². The third kappa shape index (κ3) is 2.04. The molecule has 19 heavy (non-hydrogen) atoms. The van der Waals surface area contributed by atoms with E-state index in [1.165, 1.54) is 6.20 Å². The largest absolute Gasteiger partial charge is 0.347 e. The van der Waals surface area contributed by atoms with Gasteiger partial charge in [-0.2, -0.15) is 5.26 Å². The molecule has 0 radical (unpaired) electrons. The second-order valence-corrected chi connectivity index (χ2v) is 4.89. The maximum atomic E-state index is 12.5. The summed E-state index contributed by atoms with van der Waals surface area (Å²) in [5.41, 5.74) is 1.10. The lowest BCUT2D eigenvalue weighted by molar-refractivity contribution is -0.120. The molecule has 1 heterocycles. The maximum absolute atomic E-state index is 12.5. The Morgan fingerprint density at radius 1 is 1.37 bits per heavy atom. The van der Waals surface area contributed by atoms with E-state index in [2.05, 4.69) is 9.97 Å². The van der Waals surface area contributed by atoms with Gasteiger partial charge in [0.15, 0.2) is 11.5 Å². The van der Waals surface area contributed by atoms with E-state index in [-0.39, 0.29) is 17.6 Å². The molecular weight excluding hydrogens is 238 g/mol. The summed E-state index contributed by atoms with van der Waals surface area (Å²) in [6, 6.07) is 11.8. The number of benzene rings is 1. The predicted octanol–water partition coefficient (Wildman–Crippen LogP) is 2.12. The van der Waals surface area contributed by atoms with Crippen LogP contribution < -0.4 is 0 Å². The Morgan fingerprint density at radius 3 is 2.68 bits per heavy atom. The fourth-order valence-corrected chi connectivity index (χ4v) is 2.44. The van der Waals surface area contributed by atoms with Crippen LogP contribution in [0, 0.1) is 11.3 Å². The number of nitriles is 1. The van der Waals surface area contributed by atoms with Gasteiger partial charge < -0.3 is 4.98 Å². The van der Waals surface area contributed by atoms with Crippen LogP contribution in [0.1, 0.15) is 29.9 Å². The second-order valence-electron chi connectivity index (χ2n) is 4.89. The SMILES string of the molecule is N#Cc1c[nH]c(CC(=O)C2(c3ccccc3)CC2)n1. The third-order valence-electron chi connectivity index (χ3n) is 3.68. The Morgan fingerprint density at radius 2 is 2.11 bits per heavy atom. The number of nitrogens with zero attached hydrogens (tertiary/aromatic N) is 2. The van der Waals surface area contributed by atoms with Gasteiger partial charge in [0.1, 0.15) is 11.9 Å². The number of ketones is 1. The van der Waals surface area contributed by atoms with E-state index >= 15 is 0 Å². The minimum atomic E-state index is -0.319. The number of Topliss-reactive ketones (excluding diaryl/α,β-unsaturated/α-hetero) is 1. The molecule has 0 spiro atoms. The van der Waals surface area contributed by atoms with Crippen LogP contribution in [0.15, 0.2) is 36.5 Å². The van der Waals surface area contributed by atoms with Crippen molar-refractivity contribution in [3.8, 4) is 6.07 Å². The van der Waals surface area contributed by atoms with Crippen molar-refractivity contribution in [2.24, 2.45) is 0 Å². The van der Waals surface area contributed by atoms with Gasteiger partial charge in [0.25, 0.3) is 0 Å². The Balaban J connectivity index is 1.80. The van der Waals surface area contributed by atoms with Crippen molar-refractivity contribution in [2.45, 2.75) is 24.7 Å². The molecule has 4 heteroatoms. The standard InChI is InChI=1S/C15H13N3O/c16-9-12-10-17-14(18-12)8-13(19)15(6-7-15)11-4-2-1-3-5-11/h1-5,10H,6-8H2,(H,17,18). The molecule has 1 aliphatic carbocycles. The van der Waals surface area contributed by atoms with Crippen LogP contribution in [-0.4, -0.2) is 15.8 Å². The number of nitrogens with one attached hydrogen (secondary N) is 1. The van der Waals surface area contributed by atoms with Crippen LogP contribution in [0.3, 0.4) is 0 Å². The molecule has 1 N–H and O–H groups in total. The van der Waals surface area contributed by atoms with Gasteiger partial charge in [0.05, 0.1) is 11.8 Å². The highest BCUT2D eigenvalue weighted by Gasteiger charge is 2.50. The number of carbonyl (C=O) groups is 1. The summed E-state index contributed by atoms with van der Waals surface area (Å²) in [4.78, 5) is 19.4. The lowest BCUT2D eigenvalue weighted by Crippen LogP contribution is -2.22. The molecule has 1 fully saturated rings. The van der Waals surface area contributed by atoms with Gasteiger partial charge in [0, 0.05) is 6.20 Å². The first-order chi connectivity index (χ1) is 9.24. The normalized spacial score (nSPS) is 15.7. The molecule has 0 amide bonds. The smallest absolute Gasteiger partial charge is 0.158 e. The first kappa shape index (κ1) is 11.7. The molecule has 1 aromatic heterocycles. The lowest BCUT2D eigenvalue weighted by atomic mass is 9.89. The summed E-state index contributed by atoms with van der Waals surface area (Å²) in [5, 5.41) is 8.72. The van der Waals surface area contributed by atoms with Crippen molar-refractivity contribution >= 4 is 5.78 Å². The molecule has 0 bridgehead atoms. The summed E-state index contributed by atoms with van der Waals surface area (Å²) in [6.07, 6.45) is 3.60. The molecule has 0 unspecified atom stereocenters. The van der Waals surface area contributed by atoms with Crippen molar-refractivity contribution in [1.82, 2.24) is 9.97 Å². The fraction of sp³-hybridized carbons (Fsp3) is 0.267. The van der Waals surface area contributed by atoms with E-state index in [0.717, 1.165) is 18.4 Å². The van der Waals surface area contributed by atoms with Gasteiger partial charge >= 0.3 is 0 Å². The summed E-state index contributed by atoms with van der Waals surface area (Å²) in [7, 11) is 0. The highest BCUT2D eigenvalue weighted by molar-refractivity contribution is 5.94. The first-order valence-electron chi connectivity index (χ1n) is 6.28. The van der Waals surface area contributed by atoms with Crippen molar-refractivity contribution in [2.75, 3.05) is 0 Å². The number of carbonyl (C=O) groups excluding carboxylic acids is 1. The second kappa shape index (κ2) is 4.36. The highest BCUT2D eigenvalue weighted by Crippen LogP contribution is 2.49. The van der Waals surface area contributed by atoms with Crippen LogP contribution in [0.4, 0.5) is 0 Å². The van der Waals surface area contributed by atoms with Crippen molar-refractivity contribution in [3.05, 3.63) is 53.6 Å². The zero-order valence-corrected chi connectivity index (χ0v) is 10.4. The average Bonchev–Trinajstić information content (AvgIpc) is 3.15. The molecule has 1 aliphatic rings. The maximum Gasteiger partial charge on any atom is 0.158 e. The van der Waals surface area contributed by atoms with Gasteiger partial charge in [-0.3, -0.25) is 4.79 Å². The number of aromatic nitrogens is 2. The number of imidazole rings is 1. The number of aromatic amines is 1. The van der Waals surface area contributed by atoms with Crippen LogP contribution >= 0.6 is 0 Å². The predicted molar refractivity (Wildman–Crippen MR) is 69.4 cm³/mol. The number of H-pyrrole nitrogens is 1. The minimum Gasteiger partial charge on any atom is -0.347 e. The molecule has 94 valence electrons. The Hall–Kier alpha value is -2.41. The zero-order chi connectivity index (χ0) is 13.3. The third-order valence-corrected chi connectivity index (χ3v) is 3.68. The average molecular weight is 251 g/mol. The quantitative estimate of drug-likeness (QED) is 0.904. The summed E-state index contributed by atoms with van der Waals surface area (Å²) >= 11 is 0. The van der Waals surface area contributed by atoms with Crippen molar-refractivity contribution < 1.29 is 4.79 Å². The minimum absolute atomic E-state index is 0.178. The number of hydrogen-bond donors (Lipinski definition) is 1. The summed E-state index contributed by atoms with van der Waals surface area (Å²) < 4.78 is 0. The molecule has 0 aliphatic heterocycles. The molecule has 0 atom stereocenters. The van der Waals surface area contributed by atoms with Gasteiger partial charge in [-0.05, 0) is 18.4 Å². The Bertz CT molecular complexity index is 648. The molecule has 1 aromatic carbocycles. The topological polar surface area (TPSA) is 69.5 Å². The molecule has 4 nitrogen and oxygen atoms in total. The summed E-state index contributed by atoms with van der Waals surface area (Å²) in [6.45, 7) is 0. The van der Waals surface area contributed by atoms with Gasteiger partial charge in [-0.25, -0.2) is 4.98 Å². The Kier molecular flexibility index (Phi) is 2.68. The van der Waals surface area contributed by atoms with Crippen LogP contribution in [-0.2, 0) is 16.6 Å². The summed E-state index contributed by atoms with van der Waals surface area (Å²) in [5.74, 6) is 0.751. The first-order valence-corrected chi connectivity index (χ1v) is 6.28. The van der Waals surface area contributed by atoms with Crippen molar-refractivity contribution in [1.29, 1.82) is 5.26 Å². The van der Waals surface area contributed by atoms with Crippen LogP contribution in [0.2, 0.25) is 0 Å². The molecule has 0 saturated heterocycles. The monoisotopic (exact) mass is 251 g/mol. The van der Waals surface area contributed by atoms with E-state index in [9.17, 15) is 4.79 Å². The molecule has 3 rings (SSSR count). The molecular formula is C15H13N3O. The lowest BCUT2D eigenvalue weighted by Gasteiger charge is -2.13. The number of hydrogen-bond acceptors (Lipinski definition) is 3. The van der Waals surface area contributed by atoms with E-state index in [1.54, 1.807) is 0 Å². The zero-order valence-electron chi connectivity index (χ0n) is 10.4. The van der Waals surface area contributed by atoms with Gasteiger partial charge in [-0.1, -0.05) is 30.3 Å². The van der Waals surface area contributed by atoms with Crippen LogP contribution in [0.5, 0.6) is 0 Å². The van der Waals surface area contributed by atoms with E-state index in [4.69, 9.17) is 5.26 Å². The van der Waals surface area contributed by atoms with E-state index in [1.807, 2.05) is 36.4 Å². The number of rotatable bonds is 4. The van der Waals surface area contributed by atoms with Gasteiger partial charge in [-0.15, -0.1) is 0 Å². The Labute approximate surface area is 111 Å². The molecule has 1 saturated carbocycles. The van der Waals surface area contributed by atoms with Crippen LogP contribution in [0.25, 0.3) is 0 Å². The highest BCUT2D eigenvalue weighted by atomic mass is 16.1. The van der Waals surface area contributed by atoms with E-state index < -0.39 is 0 Å².